The Labute approximate surface area is 103 Å². The van der Waals surface area contributed by atoms with E-state index in [0.29, 0.717) is 6.54 Å². The van der Waals surface area contributed by atoms with Gasteiger partial charge in [0, 0.05) is 31.9 Å². The number of unbranched alkanes of at least 4 members (excludes halogenated alkanes) is 1. The summed E-state index contributed by atoms with van der Waals surface area (Å²) in [5.41, 5.74) is 1.13. The van der Waals surface area contributed by atoms with Crippen LogP contribution in [0.3, 0.4) is 0 Å². The van der Waals surface area contributed by atoms with Gasteiger partial charge in [-0.2, -0.15) is 5.10 Å². The van der Waals surface area contributed by atoms with Crippen molar-refractivity contribution in [3.63, 3.8) is 0 Å². The molecule has 0 aliphatic heterocycles. The summed E-state index contributed by atoms with van der Waals surface area (Å²) in [5.74, 6) is 0.879. The molecule has 0 spiro atoms. The Morgan fingerprint density at radius 1 is 1.41 bits per heavy atom. The zero-order chi connectivity index (χ0) is 12.5. The number of hydrogen-bond acceptors (Lipinski definition) is 2. The molecule has 0 atom stereocenters. The van der Waals surface area contributed by atoms with E-state index in [0.717, 1.165) is 31.0 Å². The molecule has 0 saturated heterocycles. The molecule has 1 aromatic rings. The molecule has 2 N–H and O–H groups in total. The number of rotatable bonds is 6. The van der Waals surface area contributed by atoms with Crippen LogP contribution in [0.5, 0.6) is 0 Å². The molecule has 1 aromatic heterocycles. The standard InChI is InChI=1S/C12H23N5/c1-4-6-7-14-12(13-5-2)15-8-11-9-16-17(3)10-11/h9-10H,4-8H2,1-3H3,(H2,13,14,15). The first kappa shape index (κ1) is 13.5. The number of nitrogens with zero attached hydrogens (tertiary/aromatic N) is 3. The summed E-state index contributed by atoms with van der Waals surface area (Å²) in [6.07, 6.45) is 6.19. The fourth-order valence-electron chi connectivity index (χ4n) is 1.45. The number of aryl methyl sites for hydroxylation is 1. The van der Waals surface area contributed by atoms with Crippen molar-refractivity contribution in [2.75, 3.05) is 13.1 Å². The Balaban J connectivity index is 2.44. The smallest absolute Gasteiger partial charge is 0.191 e. The molecule has 0 aliphatic rings. The van der Waals surface area contributed by atoms with Crippen molar-refractivity contribution >= 4 is 5.96 Å². The average Bonchev–Trinajstić information content (AvgIpc) is 2.72. The molecule has 0 radical (unpaired) electrons. The van der Waals surface area contributed by atoms with Gasteiger partial charge < -0.3 is 10.6 Å². The van der Waals surface area contributed by atoms with Crippen LogP contribution in [0.4, 0.5) is 0 Å². The second-order valence-corrected chi connectivity index (χ2v) is 4.00. The molecular formula is C12H23N5. The van der Waals surface area contributed by atoms with Crippen LogP contribution in [-0.2, 0) is 13.6 Å². The van der Waals surface area contributed by atoms with E-state index in [2.05, 4.69) is 34.6 Å². The molecule has 1 rings (SSSR count). The van der Waals surface area contributed by atoms with Gasteiger partial charge in [0.2, 0.25) is 0 Å². The maximum Gasteiger partial charge on any atom is 0.191 e. The predicted octanol–water partition coefficient (Wildman–Crippen LogP) is 1.28. The minimum atomic E-state index is 0.662. The lowest BCUT2D eigenvalue weighted by Gasteiger charge is -2.10. The van der Waals surface area contributed by atoms with E-state index in [-0.39, 0.29) is 0 Å². The lowest BCUT2D eigenvalue weighted by molar-refractivity contribution is 0.730. The van der Waals surface area contributed by atoms with E-state index in [4.69, 9.17) is 0 Å². The van der Waals surface area contributed by atoms with Crippen LogP contribution in [-0.4, -0.2) is 28.8 Å². The summed E-state index contributed by atoms with van der Waals surface area (Å²) >= 11 is 0. The third kappa shape index (κ3) is 5.38. The van der Waals surface area contributed by atoms with Crippen LogP contribution in [0.15, 0.2) is 17.4 Å². The van der Waals surface area contributed by atoms with Gasteiger partial charge in [-0.25, -0.2) is 4.99 Å². The summed E-state index contributed by atoms with van der Waals surface area (Å²) < 4.78 is 1.79. The van der Waals surface area contributed by atoms with Gasteiger partial charge in [0.05, 0.1) is 12.7 Å². The molecule has 0 unspecified atom stereocenters. The lowest BCUT2D eigenvalue weighted by Crippen LogP contribution is -2.37. The van der Waals surface area contributed by atoms with Gasteiger partial charge in [0.15, 0.2) is 5.96 Å². The Bertz CT molecular complexity index is 342. The molecule has 96 valence electrons. The molecule has 17 heavy (non-hydrogen) atoms. The largest absolute Gasteiger partial charge is 0.357 e. The Morgan fingerprint density at radius 3 is 2.82 bits per heavy atom. The van der Waals surface area contributed by atoms with E-state index in [1.165, 1.54) is 6.42 Å². The van der Waals surface area contributed by atoms with Crippen molar-refractivity contribution in [2.45, 2.75) is 33.2 Å². The third-order valence-corrected chi connectivity index (χ3v) is 2.35. The van der Waals surface area contributed by atoms with Crippen LogP contribution >= 0.6 is 0 Å². The van der Waals surface area contributed by atoms with Crippen molar-refractivity contribution in [2.24, 2.45) is 12.0 Å². The monoisotopic (exact) mass is 237 g/mol. The average molecular weight is 237 g/mol. The van der Waals surface area contributed by atoms with E-state index < -0.39 is 0 Å². The SMILES string of the molecule is CCCCNC(=NCc1cnn(C)c1)NCC. The van der Waals surface area contributed by atoms with Crippen molar-refractivity contribution in [3.05, 3.63) is 18.0 Å². The van der Waals surface area contributed by atoms with Crippen molar-refractivity contribution in [1.82, 2.24) is 20.4 Å². The highest BCUT2D eigenvalue weighted by Gasteiger charge is 1.98. The highest BCUT2D eigenvalue weighted by atomic mass is 15.2. The van der Waals surface area contributed by atoms with E-state index >= 15 is 0 Å². The summed E-state index contributed by atoms with van der Waals surface area (Å²) in [6.45, 7) is 6.76. The second-order valence-electron chi connectivity index (χ2n) is 4.00. The maximum atomic E-state index is 4.51. The maximum absolute atomic E-state index is 4.51. The van der Waals surface area contributed by atoms with Gasteiger partial charge in [0.25, 0.3) is 0 Å². The quantitative estimate of drug-likeness (QED) is 0.445. The fourth-order valence-corrected chi connectivity index (χ4v) is 1.45. The molecule has 0 amide bonds. The van der Waals surface area contributed by atoms with Crippen molar-refractivity contribution in [3.8, 4) is 0 Å². The first-order valence-electron chi connectivity index (χ1n) is 6.26. The highest BCUT2D eigenvalue weighted by Crippen LogP contribution is 1.98. The zero-order valence-electron chi connectivity index (χ0n) is 11.0. The first-order chi connectivity index (χ1) is 8.26. The fraction of sp³-hybridized carbons (Fsp3) is 0.667. The zero-order valence-corrected chi connectivity index (χ0v) is 11.0. The first-order valence-corrected chi connectivity index (χ1v) is 6.26. The minimum absolute atomic E-state index is 0.662. The Morgan fingerprint density at radius 2 is 2.24 bits per heavy atom. The summed E-state index contributed by atoms with van der Waals surface area (Å²) in [4.78, 5) is 4.51. The summed E-state index contributed by atoms with van der Waals surface area (Å²) in [7, 11) is 1.91. The van der Waals surface area contributed by atoms with Crippen molar-refractivity contribution < 1.29 is 0 Å². The molecule has 5 nitrogen and oxygen atoms in total. The van der Waals surface area contributed by atoms with Crippen LogP contribution in [0.2, 0.25) is 0 Å². The van der Waals surface area contributed by atoms with Crippen molar-refractivity contribution in [1.29, 1.82) is 0 Å². The predicted molar refractivity (Wildman–Crippen MR) is 70.9 cm³/mol. The molecule has 0 aliphatic carbocycles. The molecule has 1 heterocycles. The van der Waals surface area contributed by atoms with Gasteiger partial charge in [-0.3, -0.25) is 4.68 Å². The number of nitrogens with one attached hydrogen (secondary N) is 2. The second kappa shape index (κ2) is 7.70. The Kier molecular flexibility index (Phi) is 6.14. The number of guanidine groups is 1. The van der Waals surface area contributed by atoms with Gasteiger partial charge in [0.1, 0.15) is 0 Å². The topological polar surface area (TPSA) is 54.2 Å². The summed E-state index contributed by atoms with van der Waals surface area (Å²) in [6, 6.07) is 0. The van der Waals surface area contributed by atoms with Gasteiger partial charge in [-0.1, -0.05) is 13.3 Å². The number of aromatic nitrogens is 2. The molecule has 0 aromatic carbocycles. The Hall–Kier alpha value is -1.52. The summed E-state index contributed by atoms with van der Waals surface area (Å²) in [5, 5.41) is 10.7. The van der Waals surface area contributed by atoms with E-state index in [1.807, 2.05) is 19.4 Å². The third-order valence-electron chi connectivity index (χ3n) is 2.35. The lowest BCUT2D eigenvalue weighted by atomic mass is 10.3. The van der Waals surface area contributed by atoms with Gasteiger partial charge in [-0.05, 0) is 13.3 Å². The van der Waals surface area contributed by atoms with E-state index in [1.54, 1.807) is 4.68 Å². The molecular weight excluding hydrogens is 214 g/mol. The van der Waals surface area contributed by atoms with Crippen LogP contribution in [0, 0.1) is 0 Å². The molecule has 5 heteroatoms. The number of aliphatic imine (C=N–C) groups is 1. The normalized spacial score (nSPS) is 11.6. The molecule has 0 bridgehead atoms. The molecule has 0 fully saturated rings. The van der Waals surface area contributed by atoms with Gasteiger partial charge in [-0.15, -0.1) is 0 Å². The minimum Gasteiger partial charge on any atom is -0.357 e. The highest BCUT2D eigenvalue weighted by molar-refractivity contribution is 5.79. The van der Waals surface area contributed by atoms with Crippen LogP contribution in [0.1, 0.15) is 32.3 Å². The molecule has 0 saturated carbocycles. The van der Waals surface area contributed by atoms with E-state index in [9.17, 15) is 0 Å². The number of hydrogen-bond donors (Lipinski definition) is 2. The van der Waals surface area contributed by atoms with Crippen LogP contribution < -0.4 is 10.6 Å². The van der Waals surface area contributed by atoms with Gasteiger partial charge >= 0.3 is 0 Å². The van der Waals surface area contributed by atoms with Crippen LogP contribution in [0.25, 0.3) is 0 Å².